The van der Waals surface area contributed by atoms with Crippen molar-refractivity contribution in [2.75, 3.05) is 0 Å². The van der Waals surface area contributed by atoms with Gasteiger partial charge in [0.05, 0.1) is 0 Å². The first-order chi connectivity index (χ1) is 7.04. The smallest absolute Gasteiger partial charge is 0.0424 e. The predicted molar refractivity (Wildman–Crippen MR) is 68.8 cm³/mol. The van der Waals surface area contributed by atoms with Crippen LogP contribution in [0.3, 0.4) is 0 Å². The van der Waals surface area contributed by atoms with E-state index in [0.29, 0.717) is 0 Å². The van der Waals surface area contributed by atoms with Crippen molar-refractivity contribution in [2.45, 2.75) is 38.4 Å². The molecular formula is C13H17NS. The number of hydrogen-bond donors (Lipinski definition) is 0. The van der Waals surface area contributed by atoms with Gasteiger partial charge in [0.2, 0.25) is 0 Å². The van der Waals surface area contributed by atoms with E-state index in [0.717, 1.165) is 0 Å². The fourth-order valence-electron chi connectivity index (χ4n) is 1.54. The van der Waals surface area contributed by atoms with E-state index in [1.165, 1.54) is 29.5 Å². The topological polar surface area (TPSA) is 12.4 Å². The first-order valence-corrected chi connectivity index (χ1v) is 6.15. The van der Waals surface area contributed by atoms with Crippen LogP contribution in [0.25, 0.3) is 0 Å². The van der Waals surface area contributed by atoms with E-state index in [9.17, 15) is 0 Å². The van der Waals surface area contributed by atoms with Crippen LogP contribution in [0, 0.1) is 0 Å². The summed E-state index contributed by atoms with van der Waals surface area (Å²) in [7, 11) is 0. The fraction of sp³-hybridized carbons (Fsp3) is 0.462. The molecule has 0 spiro atoms. The molecule has 1 aromatic carbocycles. The summed E-state index contributed by atoms with van der Waals surface area (Å²) in [6.45, 7) is 6.52. The van der Waals surface area contributed by atoms with E-state index in [1.807, 2.05) is 6.21 Å². The third kappa shape index (κ3) is 2.85. The van der Waals surface area contributed by atoms with Crippen molar-refractivity contribution >= 4 is 18.2 Å². The van der Waals surface area contributed by atoms with Gasteiger partial charge < -0.3 is 0 Å². The van der Waals surface area contributed by atoms with Crippen LogP contribution in [0.4, 0.5) is 0 Å². The van der Waals surface area contributed by atoms with E-state index < -0.39 is 0 Å². The summed E-state index contributed by atoms with van der Waals surface area (Å²) in [6.07, 6.45) is 4.46. The van der Waals surface area contributed by atoms with Crippen molar-refractivity contribution in [3.05, 3.63) is 34.9 Å². The van der Waals surface area contributed by atoms with Gasteiger partial charge in [-0.05, 0) is 68.3 Å². The lowest BCUT2D eigenvalue weighted by Crippen LogP contribution is -2.08. The molecule has 0 amide bonds. The molecule has 80 valence electrons. The number of fused-ring (bicyclic) bond motifs is 1. The van der Waals surface area contributed by atoms with Crippen molar-refractivity contribution in [1.82, 2.24) is 0 Å². The van der Waals surface area contributed by atoms with Gasteiger partial charge >= 0.3 is 0 Å². The highest BCUT2D eigenvalue weighted by atomic mass is 32.2. The summed E-state index contributed by atoms with van der Waals surface area (Å²) >= 11 is 1.63. The molecule has 0 N–H and O–H groups in total. The van der Waals surface area contributed by atoms with Crippen LogP contribution in [-0.4, -0.2) is 11.0 Å². The van der Waals surface area contributed by atoms with Crippen molar-refractivity contribution in [3.8, 4) is 0 Å². The molecule has 1 aliphatic rings. The first-order valence-electron chi connectivity index (χ1n) is 5.38. The maximum atomic E-state index is 4.40. The van der Waals surface area contributed by atoms with Crippen molar-refractivity contribution < 1.29 is 0 Å². The number of nitrogens with zero attached hydrogens (tertiary/aromatic N) is 1. The Bertz CT molecular complexity index is 388. The number of benzene rings is 1. The van der Waals surface area contributed by atoms with E-state index in [2.05, 4.69) is 43.4 Å². The molecule has 0 radical (unpaired) electrons. The molecule has 0 atom stereocenters. The zero-order chi connectivity index (χ0) is 10.9. The molecule has 0 fully saturated rings. The molecule has 1 aliphatic carbocycles. The molecule has 0 heterocycles. The molecule has 1 aromatic rings. The van der Waals surface area contributed by atoms with Gasteiger partial charge in [0.25, 0.3) is 0 Å². The highest BCUT2D eigenvalue weighted by Gasteiger charge is 2.12. The van der Waals surface area contributed by atoms with E-state index in [4.69, 9.17) is 0 Å². The molecule has 0 aromatic heterocycles. The van der Waals surface area contributed by atoms with Crippen LogP contribution >= 0.6 is 11.9 Å². The zero-order valence-corrected chi connectivity index (χ0v) is 10.4. The third-order valence-electron chi connectivity index (χ3n) is 2.42. The lowest BCUT2D eigenvalue weighted by atomic mass is 9.87. The Morgan fingerprint density at radius 2 is 1.93 bits per heavy atom. The predicted octanol–water partition coefficient (Wildman–Crippen LogP) is 3.65. The quantitative estimate of drug-likeness (QED) is 0.546. The standard InChI is InChI=1S/C13H17NS/c1-13(2,3)15-14-9-10-4-5-11-6-7-12(11)8-10/h4-5,8-9H,6-7H2,1-3H3. The Morgan fingerprint density at radius 1 is 1.20 bits per heavy atom. The summed E-state index contributed by atoms with van der Waals surface area (Å²) in [5, 5.41) is 0. The maximum absolute atomic E-state index is 4.40. The highest BCUT2D eigenvalue weighted by Crippen LogP contribution is 2.25. The summed E-state index contributed by atoms with van der Waals surface area (Å²) in [6, 6.07) is 6.64. The lowest BCUT2D eigenvalue weighted by Gasteiger charge is -2.18. The number of hydrogen-bond acceptors (Lipinski definition) is 2. The normalized spacial score (nSPS) is 15.1. The Hall–Kier alpha value is -0.760. The van der Waals surface area contributed by atoms with Crippen LogP contribution in [0.15, 0.2) is 22.6 Å². The summed E-state index contributed by atoms with van der Waals surface area (Å²) < 4.78 is 4.60. The molecule has 2 rings (SSSR count). The minimum absolute atomic E-state index is 0.205. The average Bonchev–Trinajstić information content (AvgIpc) is 2.07. The van der Waals surface area contributed by atoms with E-state index in [-0.39, 0.29) is 4.75 Å². The molecular weight excluding hydrogens is 202 g/mol. The monoisotopic (exact) mass is 219 g/mol. The molecule has 1 nitrogen and oxygen atoms in total. The minimum Gasteiger partial charge on any atom is -0.223 e. The number of rotatable bonds is 2. The van der Waals surface area contributed by atoms with Crippen molar-refractivity contribution in [2.24, 2.45) is 4.40 Å². The molecule has 0 saturated carbocycles. The highest BCUT2D eigenvalue weighted by molar-refractivity contribution is 7.99. The fourth-order valence-corrected chi connectivity index (χ4v) is 2.03. The van der Waals surface area contributed by atoms with Gasteiger partial charge in [0, 0.05) is 11.0 Å². The van der Waals surface area contributed by atoms with E-state index >= 15 is 0 Å². The average molecular weight is 219 g/mol. The van der Waals surface area contributed by atoms with Gasteiger partial charge in [-0.2, -0.15) is 0 Å². The molecule has 0 bridgehead atoms. The van der Waals surface area contributed by atoms with Crippen LogP contribution < -0.4 is 0 Å². The second-order valence-corrected chi connectivity index (χ2v) is 6.58. The van der Waals surface area contributed by atoms with Crippen LogP contribution in [0.1, 0.15) is 37.5 Å². The second-order valence-electron chi connectivity index (χ2n) is 4.97. The van der Waals surface area contributed by atoms with Gasteiger partial charge in [0.15, 0.2) is 0 Å². The van der Waals surface area contributed by atoms with Gasteiger partial charge in [-0.15, -0.1) is 0 Å². The van der Waals surface area contributed by atoms with Crippen LogP contribution in [0.5, 0.6) is 0 Å². The lowest BCUT2D eigenvalue weighted by molar-refractivity contribution is 0.804. The zero-order valence-electron chi connectivity index (χ0n) is 9.58. The summed E-state index contributed by atoms with van der Waals surface area (Å²) in [5.41, 5.74) is 4.24. The Labute approximate surface area is 96.1 Å². The summed E-state index contributed by atoms with van der Waals surface area (Å²) in [5.74, 6) is 0. The second kappa shape index (κ2) is 4.01. The SMILES string of the molecule is CC(C)(C)SN=Cc1ccc2c(c1)CC2. The summed E-state index contributed by atoms with van der Waals surface area (Å²) in [4.78, 5) is 0. The molecule has 0 saturated heterocycles. The third-order valence-corrected chi connectivity index (χ3v) is 3.18. The molecule has 2 heteroatoms. The maximum Gasteiger partial charge on any atom is 0.0424 e. The van der Waals surface area contributed by atoms with Gasteiger partial charge in [0.1, 0.15) is 0 Å². The number of aryl methyl sites for hydroxylation is 2. The molecule has 15 heavy (non-hydrogen) atoms. The van der Waals surface area contributed by atoms with Gasteiger partial charge in [-0.25, -0.2) is 4.40 Å². The Balaban J connectivity index is 2.02. The van der Waals surface area contributed by atoms with Gasteiger partial charge in [-0.3, -0.25) is 0 Å². The minimum atomic E-state index is 0.205. The first kappa shape index (κ1) is 10.7. The van der Waals surface area contributed by atoms with Gasteiger partial charge in [-0.1, -0.05) is 12.1 Å². The largest absolute Gasteiger partial charge is 0.223 e. The van der Waals surface area contributed by atoms with Crippen molar-refractivity contribution in [1.29, 1.82) is 0 Å². The Kier molecular flexibility index (Phi) is 2.87. The Morgan fingerprint density at radius 3 is 2.47 bits per heavy atom. The van der Waals surface area contributed by atoms with Crippen LogP contribution in [-0.2, 0) is 12.8 Å². The van der Waals surface area contributed by atoms with Crippen molar-refractivity contribution in [3.63, 3.8) is 0 Å². The van der Waals surface area contributed by atoms with Crippen LogP contribution in [0.2, 0.25) is 0 Å². The molecule has 0 unspecified atom stereocenters. The molecule has 0 aliphatic heterocycles. The van der Waals surface area contributed by atoms with E-state index in [1.54, 1.807) is 11.9 Å².